The summed E-state index contributed by atoms with van der Waals surface area (Å²) in [6, 6.07) is 3.47. The zero-order valence-corrected chi connectivity index (χ0v) is 12.3. The van der Waals surface area contributed by atoms with Gasteiger partial charge in [0, 0.05) is 5.56 Å². The Kier molecular flexibility index (Phi) is 5.11. The molecule has 1 unspecified atom stereocenters. The van der Waals surface area contributed by atoms with Crippen LogP contribution in [-0.4, -0.2) is 0 Å². The number of rotatable bonds is 4. The van der Waals surface area contributed by atoms with Crippen LogP contribution in [0.25, 0.3) is 5.57 Å². The standard InChI is InChI=1S/C18H22F2/c1-3-5-13-7-9-14(10-8-13)16-12-11-15(6-4-2)17(19)18(16)20/h3,5,9,11-13H,4,6-8,10H2,1-2H3. The topological polar surface area (TPSA) is 0 Å². The lowest BCUT2D eigenvalue weighted by Gasteiger charge is -2.20. The van der Waals surface area contributed by atoms with Crippen molar-refractivity contribution < 1.29 is 8.78 Å². The first kappa shape index (κ1) is 15.0. The molecule has 0 saturated carbocycles. The van der Waals surface area contributed by atoms with E-state index in [1.807, 2.05) is 13.8 Å². The Morgan fingerprint density at radius 3 is 2.65 bits per heavy atom. The second-order valence-corrected chi connectivity index (χ2v) is 5.44. The van der Waals surface area contributed by atoms with Gasteiger partial charge in [-0.25, -0.2) is 8.78 Å². The van der Waals surface area contributed by atoms with Crippen LogP contribution >= 0.6 is 0 Å². The highest BCUT2D eigenvalue weighted by Crippen LogP contribution is 2.33. The van der Waals surface area contributed by atoms with Gasteiger partial charge in [0.15, 0.2) is 11.6 Å². The second-order valence-electron chi connectivity index (χ2n) is 5.44. The van der Waals surface area contributed by atoms with Crippen molar-refractivity contribution in [1.29, 1.82) is 0 Å². The summed E-state index contributed by atoms with van der Waals surface area (Å²) in [6.45, 7) is 3.98. The number of halogens is 2. The first-order valence-corrected chi connectivity index (χ1v) is 7.46. The number of allylic oxidation sites excluding steroid dienone is 4. The number of benzene rings is 1. The van der Waals surface area contributed by atoms with Gasteiger partial charge < -0.3 is 0 Å². The Hall–Kier alpha value is -1.44. The van der Waals surface area contributed by atoms with Gasteiger partial charge in [0.05, 0.1) is 0 Å². The molecule has 108 valence electrons. The van der Waals surface area contributed by atoms with E-state index in [0.717, 1.165) is 31.3 Å². The second kappa shape index (κ2) is 6.83. The predicted octanol–water partition coefficient (Wildman–Crippen LogP) is 5.68. The molecule has 0 spiro atoms. The number of aryl methyl sites for hydroxylation is 1. The van der Waals surface area contributed by atoms with E-state index in [9.17, 15) is 8.78 Å². The number of hydrogen-bond acceptors (Lipinski definition) is 0. The normalized spacial score (nSPS) is 19.4. The van der Waals surface area contributed by atoms with E-state index >= 15 is 0 Å². The molecule has 1 aromatic rings. The van der Waals surface area contributed by atoms with Crippen LogP contribution in [0.5, 0.6) is 0 Å². The van der Waals surface area contributed by atoms with Gasteiger partial charge in [0.2, 0.25) is 0 Å². The fourth-order valence-electron chi connectivity index (χ4n) is 2.85. The fourth-order valence-corrected chi connectivity index (χ4v) is 2.85. The maximum Gasteiger partial charge on any atom is 0.166 e. The van der Waals surface area contributed by atoms with Crippen LogP contribution in [0.3, 0.4) is 0 Å². The summed E-state index contributed by atoms with van der Waals surface area (Å²) >= 11 is 0. The Morgan fingerprint density at radius 1 is 1.25 bits per heavy atom. The summed E-state index contributed by atoms with van der Waals surface area (Å²) in [6.07, 6.45) is 10.5. The Bertz CT molecular complexity index is 526. The predicted molar refractivity (Wildman–Crippen MR) is 80.5 cm³/mol. The van der Waals surface area contributed by atoms with Crippen LogP contribution in [0, 0.1) is 17.6 Å². The van der Waals surface area contributed by atoms with Gasteiger partial charge in [-0.3, -0.25) is 0 Å². The quantitative estimate of drug-likeness (QED) is 0.621. The molecule has 1 aromatic carbocycles. The third kappa shape index (κ3) is 3.17. The molecule has 0 amide bonds. The van der Waals surface area contributed by atoms with Crippen molar-refractivity contribution in [3.8, 4) is 0 Å². The molecule has 2 rings (SSSR count). The van der Waals surface area contributed by atoms with Gasteiger partial charge in [-0.2, -0.15) is 0 Å². The molecule has 0 N–H and O–H groups in total. The minimum absolute atomic E-state index is 0.446. The lowest BCUT2D eigenvalue weighted by Crippen LogP contribution is -2.05. The Balaban J connectivity index is 2.24. The molecule has 0 fully saturated rings. The van der Waals surface area contributed by atoms with Gasteiger partial charge in [0.1, 0.15) is 0 Å². The molecule has 0 aromatic heterocycles. The van der Waals surface area contributed by atoms with Crippen molar-refractivity contribution in [3.05, 3.63) is 53.1 Å². The van der Waals surface area contributed by atoms with Crippen molar-refractivity contribution in [3.63, 3.8) is 0 Å². The van der Waals surface area contributed by atoms with E-state index in [1.54, 1.807) is 12.1 Å². The third-order valence-corrected chi connectivity index (χ3v) is 3.94. The van der Waals surface area contributed by atoms with Crippen molar-refractivity contribution in [2.45, 2.75) is 46.0 Å². The molecular weight excluding hydrogens is 254 g/mol. The molecule has 1 aliphatic rings. The number of hydrogen-bond donors (Lipinski definition) is 0. The molecule has 0 saturated heterocycles. The van der Waals surface area contributed by atoms with Crippen LogP contribution in [0.1, 0.15) is 50.7 Å². The van der Waals surface area contributed by atoms with Crippen LogP contribution in [0.15, 0.2) is 30.4 Å². The lowest BCUT2D eigenvalue weighted by atomic mass is 9.86. The Morgan fingerprint density at radius 2 is 2.05 bits per heavy atom. The molecule has 0 radical (unpaired) electrons. The Labute approximate surface area is 120 Å². The van der Waals surface area contributed by atoms with Gasteiger partial charge in [-0.1, -0.05) is 43.7 Å². The van der Waals surface area contributed by atoms with E-state index in [2.05, 4.69) is 18.2 Å². The van der Waals surface area contributed by atoms with Gasteiger partial charge in [-0.05, 0) is 49.7 Å². The summed E-state index contributed by atoms with van der Waals surface area (Å²) in [5.74, 6) is -0.802. The van der Waals surface area contributed by atoms with Crippen LogP contribution in [0.4, 0.5) is 8.78 Å². The highest BCUT2D eigenvalue weighted by Gasteiger charge is 2.19. The molecule has 0 bridgehead atoms. The van der Waals surface area contributed by atoms with E-state index in [4.69, 9.17) is 0 Å². The first-order chi connectivity index (χ1) is 9.67. The average molecular weight is 276 g/mol. The molecule has 0 aliphatic heterocycles. The molecule has 2 heteroatoms. The molecule has 0 nitrogen and oxygen atoms in total. The van der Waals surface area contributed by atoms with Crippen LogP contribution in [0.2, 0.25) is 0 Å². The average Bonchev–Trinajstić information content (AvgIpc) is 2.46. The summed E-state index contributed by atoms with van der Waals surface area (Å²) in [4.78, 5) is 0. The monoisotopic (exact) mass is 276 g/mol. The summed E-state index contributed by atoms with van der Waals surface area (Å²) < 4.78 is 28.2. The summed E-state index contributed by atoms with van der Waals surface area (Å²) in [5.41, 5.74) is 1.88. The first-order valence-electron chi connectivity index (χ1n) is 7.46. The minimum Gasteiger partial charge on any atom is -0.203 e. The van der Waals surface area contributed by atoms with E-state index in [0.29, 0.717) is 23.5 Å². The van der Waals surface area contributed by atoms with Crippen molar-refractivity contribution in [2.24, 2.45) is 5.92 Å². The smallest absolute Gasteiger partial charge is 0.166 e. The molecule has 1 aliphatic carbocycles. The highest BCUT2D eigenvalue weighted by atomic mass is 19.2. The largest absolute Gasteiger partial charge is 0.203 e. The molecule has 1 atom stereocenters. The van der Waals surface area contributed by atoms with E-state index in [-0.39, 0.29) is 0 Å². The zero-order chi connectivity index (χ0) is 14.5. The summed E-state index contributed by atoms with van der Waals surface area (Å²) in [5, 5.41) is 0. The fraction of sp³-hybridized carbons (Fsp3) is 0.444. The molecule has 0 heterocycles. The van der Waals surface area contributed by atoms with E-state index < -0.39 is 11.6 Å². The zero-order valence-electron chi connectivity index (χ0n) is 12.3. The van der Waals surface area contributed by atoms with E-state index in [1.165, 1.54) is 0 Å². The van der Waals surface area contributed by atoms with Crippen molar-refractivity contribution >= 4 is 5.57 Å². The van der Waals surface area contributed by atoms with Crippen LogP contribution in [-0.2, 0) is 6.42 Å². The van der Waals surface area contributed by atoms with Gasteiger partial charge in [-0.15, -0.1) is 0 Å². The van der Waals surface area contributed by atoms with Gasteiger partial charge >= 0.3 is 0 Å². The van der Waals surface area contributed by atoms with Crippen LogP contribution < -0.4 is 0 Å². The third-order valence-electron chi connectivity index (χ3n) is 3.94. The SMILES string of the molecule is CC=CC1CC=C(c2ccc(CCC)c(F)c2F)CC1. The maximum absolute atomic E-state index is 14.2. The molecule has 20 heavy (non-hydrogen) atoms. The maximum atomic E-state index is 14.2. The highest BCUT2D eigenvalue weighted by molar-refractivity contribution is 5.67. The molecular formula is C18H22F2. The minimum atomic E-state index is -0.674. The summed E-state index contributed by atoms with van der Waals surface area (Å²) in [7, 11) is 0. The van der Waals surface area contributed by atoms with Crippen molar-refractivity contribution in [1.82, 2.24) is 0 Å². The van der Waals surface area contributed by atoms with Gasteiger partial charge in [0.25, 0.3) is 0 Å². The van der Waals surface area contributed by atoms with Crippen molar-refractivity contribution in [2.75, 3.05) is 0 Å². The lowest BCUT2D eigenvalue weighted by molar-refractivity contribution is 0.494.